The lowest BCUT2D eigenvalue weighted by atomic mass is 10.1. The van der Waals surface area contributed by atoms with Crippen molar-refractivity contribution < 1.29 is 14.3 Å². The fraction of sp³-hybridized carbons (Fsp3) is 0.182. The summed E-state index contributed by atoms with van der Waals surface area (Å²) in [6.45, 7) is 0.811. The highest BCUT2D eigenvalue weighted by Gasteiger charge is 2.18. The largest absolute Gasteiger partial charge is 0.395 e. The van der Waals surface area contributed by atoms with Crippen LogP contribution in [0, 0.1) is 5.82 Å². The molecule has 0 saturated carbocycles. The monoisotopic (exact) mass is 405 g/mol. The maximum atomic E-state index is 13.1. The second-order valence-electron chi connectivity index (χ2n) is 6.88. The first kappa shape index (κ1) is 19.7. The molecule has 1 aromatic carbocycles. The minimum Gasteiger partial charge on any atom is -0.395 e. The summed E-state index contributed by atoms with van der Waals surface area (Å²) in [5.74, 6) is -0.611. The van der Waals surface area contributed by atoms with Crippen LogP contribution in [0.25, 0.3) is 11.2 Å². The molecule has 0 aliphatic heterocycles. The number of halogens is 1. The Hall–Kier alpha value is -3.65. The Kier molecular flexibility index (Phi) is 5.76. The molecule has 7 nitrogen and oxygen atoms in total. The van der Waals surface area contributed by atoms with E-state index in [1.165, 1.54) is 23.2 Å². The molecule has 0 bridgehead atoms. The van der Waals surface area contributed by atoms with E-state index in [1.54, 1.807) is 36.9 Å². The van der Waals surface area contributed by atoms with Crippen molar-refractivity contribution in [2.45, 2.75) is 13.1 Å². The molecular weight excluding hydrogens is 385 g/mol. The van der Waals surface area contributed by atoms with Gasteiger partial charge in [-0.05, 0) is 35.4 Å². The highest BCUT2D eigenvalue weighted by Crippen LogP contribution is 2.16. The van der Waals surface area contributed by atoms with E-state index in [1.807, 2.05) is 16.7 Å². The lowest BCUT2D eigenvalue weighted by molar-refractivity contribution is 0.0707. The average molecular weight is 405 g/mol. The number of hydrogen-bond donors (Lipinski definition) is 1. The van der Waals surface area contributed by atoms with Crippen LogP contribution in [-0.4, -0.2) is 48.6 Å². The molecule has 1 amide bonds. The third-order valence-electron chi connectivity index (χ3n) is 4.72. The summed E-state index contributed by atoms with van der Waals surface area (Å²) >= 11 is 0. The molecule has 3 heterocycles. The highest BCUT2D eigenvalue weighted by atomic mass is 19.1. The van der Waals surface area contributed by atoms with Gasteiger partial charge in [-0.15, -0.1) is 0 Å². The number of hydrogen-bond acceptors (Lipinski definition) is 5. The number of nitrogens with zero attached hydrogens (tertiary/aromatic N) is 5. The molecule has 152 valence electrons. The lowest BCUT2D eigenvalue weighted by Gasteiger charge is -2.22. The SMILES string of the molecule is O=C(c1cnc2c(c1)ncn2Cc1cccnc1)N(CCO)Cc1ccc(F)cc1. The molecule has 0 atom stereocenters. The molecular formula is C22H20FN5O2. The number of carbonyl (C=O) groups is 1. The van der Waals surface area contributed by atoms with Crippen molar-refractivity contribution in [2.75, 3.05) is 13.2 Å². The minimum atomic E-state index is -0.338. The Balaban J connectivity index is 1.56. The predicted molar refractivity (Wildman–Crippen MR) is 109 cm³/mol. The zero-order valence-corrected chi connectivity index (χ0v) is 16.1. The molecule has 0 saturated heterocycles. The molecule has 0 unspecified atom stereocenters. The van der Waals surface area contributed by atoms with Gasteiger partial charge in [0.15, 0.2) is 5.65 Å². The Morgan fingerprint density at radius 3 is 2.67 bits per heavy atom. The summed E-state index contributed by atoms with van der Waals surface area (Å²) in [6, 6.07) is 11.5. The van der Waals surface area contributed by atoms with Crippen molar-refractivity contribution in [3.8, 4) is 0 Å². The summed E-state index contributed by atoms with van der Waals surface area (Å²) in [6.07, 6.45) is 6.70. The van der Waals surface area contributed by atoms with Crippen molar-refractivity contribution in [3.05, 3.63) is 89.9 Å². The zero-order chi connectivity index (χ0) is 20.9. The topological polar surface area (TPSA) is 84.1 Å². The van der Waals surface area contributed by atoms with E-state index < -0.39 is 0 Å². The molecule has 30 heavy (non-hydrogen) atoms. The fourth-order valence-electron chi connectivity index (χ4n) is 3.24. The first-order chi connectivity index (χ1) is 14.6. The Morgan fingerprint density at radius 2 is 1.93 bits per heavy atom. The van der Waals surface area contributed by atoms with Gasteiger partial charge in [0.05, 0.1) is 25.0 Å². The number of rotatable bonds is 7. The van der Waals surface area contributed by atoms with Gasteiger partial charge in [-0.1, -0.05) is 18.2 Å². The first-order valence-corrected chi connectivity index (χ1v) is 9.48. The van der Waals surface area contributed by atoms with Crippen LogP contribution in [0.3, 0.4) is 0 Å². The van der Waals surface area contributed by atoms with E-state index in [0.29, 0.717) is 23.3 Å². The van der Waals surface area contributed by atoms with Gasteiger partial charge >= 0.3 is 0 Å². The second kappa shape index (κ2) is 8.79. The second-order valence-corrected chi connectivity index (χ2v) is 6.88. The molecule has 0 spiro atoms. The van der Waals surface area contributed by atoms with Crippen molar-refractivity contribution in [2.24, 2.45) is 0 Å². The molecule has 0 radical (unpaired) electrons. The van der Waals surface area contributed by atoms with Crippen molar-refractivity contribution in [1.82, 2.24) is 24.4 Å². The van der Waals surface area contributed by atoms with Crippen LogP contribution in [0.4, 0.5) is 4.39 Å². The smallest absolute Gasteiger partial charge is 0.255 e. The molecule has 4 rings (SSSR count). The predicted octanol–water partition coefficient (Wildman–Crippen LogP) is 2.65. The van der Waals surface area contributed by atoms with Crippen molar-refractivity contribution >= 4 is 17.1 Å². The van der Waals surface area contributed by atoms with Crippen molar-refractivity contribution in [1.29, 1.82) is 0 Å². The van der Waals surface area contributed by atoms with Gasteiger partial charge in [-0.25, -0.2) is 14.4 Å². The summed E-state index contributed by atoms with van der Waals surface area (Å²) in [5.41, 5.74) is 3.45. The zero-order valence-electron chi connectivity index (χ0n) is 16.1. The van der Waals surface area contributed by atoms with E-state index in [0.717, 1.165) is 11.1 Å². The van der Waals surface area contributed by atoms with Crippen LogP contribution in [0.1, 0.15) is 21.5 Å². The number of pyridine rings is 2. The normalized spacial score (nSPS) is 11.0. The van der Waals surface area contributed by atoms with E-state index in [9.17, 15) is 14.3 Å². The Morgan fingerprint density at radius 1 is 1.10 bits per heavy atom. The third-order valence-corrected chi connectivity index (χ3v) is 4.72. The van der Waals surface area contributed by atoms with Gasteiger partial charge in [-0.3, -0.25) is 9.78 Å². The number of aliphatic hydroxyl groups excluding tert-OH is 1. The van der Waals surface area contributed by atoms with Crippen LogP contribution < -0.4 is 0 Å². The van der Waals surface area contributed by atoms with Crippen LogP contribution in [0.15, 0.2) is 67.4 Å². The molecule has 4 aromatic rings. The number of aliphatic hydroxyl groups is 1. The number of imidazole rings is 1. The number of amides is 1. The highest BCUT2D eigenvalue weighted by molar-refractivity contribution is 5.96. The third kappa shape index (κ3) is 4.33. The van der Waals surface area contributed by atoms with E-state index >= 15 is 0 Å². The Labute approximate surface area is 172 Å². The average Bonchev–Trinajstić information content (AvgIpc) is 3.17. The molecule has 0 aliphatic rings. The number of carbonyl (C=O) groups excluding carboxylic acids is 1. The fourth-order valence-corrected chi connectivity index (χ4v) is 3.24. The lowest BCUT2D eigenvalue weighted by Crippen LogP contribution is -2.33. The number of fused-ring (bicyclic) bond motifs is 1. The van der Waals surface area contributed by atoms with Gasteiger partial charge in [0.2, 0.25) is 0 Å². The summed E-state index contributed by atoms with van der Waals surface area (Å²) < 4.78 is 15.0. The summed E-state index contributed by atoms with van der Waals surface area (Å²) in [7, 11) is 0. The maximum Gasteiger partial charge on any atom is 0.255 e. The van der Waals surface area contributed by atoms with Crippen LogP contribution in [0.2, 0.25) is 0 Å². The quantitative estimate of drug-likeness (QED) is 0.511. The van der Waals surface area contributed by atoms with E-state index in [-0.39, 0.29) is 31.4 Å². The molecule has 0 aliphatic carbocycles. The van der Waals surface area contributed by atoms with Gasteiger partial charge < -0.3 is 14.6 Å². The van der Waals surface area contributed by atoms with Crippen LogP contribution in [0.5, 0.6) is 0 Å². The van der Waals surface area contributed by atoms with E-state index in [2.05, 4.69) is 15.0 Å². The molecule has 3 aromatic heterocycles. The first-order valence-electron chi connectivity index (χ1n) is 9.48. The molecule has 0 fully saturated rings. The standard InChI is InChI=1S/C22H20FN5O2/c23-19-5-3-16(4-6-19)13-27(8-9-29)22(30)18-10-20-21(25-12-18)28(15-26-20)14-17-2-1-7-24-11-17/h1-7,10-12,15,29H,8-9,13-14H2. The summed E-state index contributed by atoms with van der Waals surface area (Å²) in [4.78, 5) is 27.4. The van der Waals surface area contributed by atoms with Gasteiger partial charge in [0.25, 0.3) is 5.91 Å². The summed E-state index contributed by atoms with van der Waals surface area (Å²) in [5, 5.41) is 9.38. The van der Waals surface area contributed by atoms with Crippen LogP contribution >= 0.6 is 0 Å². The maximum absolute atomic E-state index is 13.1. The number of benzene rings is 1. The van der Waals surface area contributed by atoms with Gasteiger partial charge in [0.1, 0.15) is 11.3 Å². The number of aromatic nitrogens is 4. The van der Waals surface area contributed by atoms with Gasteiger partial charge in [-0.2, -0.15) is 0 Å². The molecule has 8 heteroatoms. The minimum absolute atomic E-state index is 0.156. The Bertz CT molecular complexity index is 1150. The van der Waals surface area contributed by atoms with Gasteiger partial charge in [0, 0.05) is 31.7 Å². The van der Waals surface area contributed by atoms with Crippen LogP contribution in [-0.2, 0) is 13.1 Å². The molecule has 1 N–H and O–H groups in total. The van der Waals surface area contributed by atoms with Crippen molar-refractivity contribution in [3.63, 3.8) is 0 Å². The van der Waals surface area contributed by atoms with E-state index in [4.69, 9.17) is 0 Å².